The quantitative estimate of drug-likeness (QED) is 0.0398. The van der Waals surface area contributed by atoms with Crippen LogP contribution in [-0.2, 0) is 62.4 Å². The zero-order valence-corrected chi connectivity index (χ0v) is 40.6. The minimum atomic E-state index is -0.753. The van der Waals surface area contributed by atoms with Gasteiger partial charge < -0.3 is 56.8 Å². The first-order valence-electron chi connectivity index (χ1n) is 25.0. The standard InChI is InChI=1S/C54H86O12/c1-2-3-4-5-6-7-8-9-10-11-21-28-55-29-30-56-31-32-57-33-34-58-35-36-59-37-38-60-39-40-61-41-42-62-43-44-63-45-46-64-47-48-65-49-50-66-54(51-22-15-12-16-23-51,52-24-17-13-18-25-52)53-26-19-14-20-27-53/h12-20,22-27H,2-11,21,28-50H2,1H3. The van der Waals surface area contributed by atoms with Crippen LogP contribution in [0.2, 0.25) is 0 Å². The summed E-state index contributed by atoms with van der Waals surface area (Å²) in [6, 6.07) is 31.0. The Morgan fingerprint density at radius 2 is 0.455 bits per heavy atom. The van der Waals surface area contributed by atoms with E-state index in [-0.39, 0.29) is 0 Å². The molecule has 0 aliphatic rings. The van der Waals surface area contributed by atoms with Crippen LogP contribution in [0.3, 0.4) is 0 Å². The molecule has 12 heteroatoms. The normalized spacial score (nSPS) is 11.8. The number of unbranched alkanes of at least 4 members (excludes halogenated alkanes) is 10. The molecule has 3 rings (SSSR count). The van der Waals surface area contributed by atoms with Crippen LogP contribution in [0.5, 0.6) is 0 Å². The molecule has 0 saturated carbocycles. The second-order valence-electron chi connectivity index (χ2n) is 15.9. The third-order valence-electron chi connectivity index (χ3n) is 10.7. The lowest BCUT2D eigenvalue weighted by atomic mass is 9.80. The van der Waals surface area contributed by atoms with E-state index in [0.29, 0.717) is 145 Å². The SMILES string of the molecule is CCCCCCCCCCCCCOCCOCCOCCOCCOCCOCCOCCOCCOCCOCCOCCOC(c1ccccc1)(c1ccccc1)c1ccccc1. The molecule has 0 spiro atoms. The molecule has 0 fully saturated rings. The molecule has 374 valence electrons. The number of ether oxygens (including phenoxy) is 12. The van der Waals surface area contributed by atoms with E-state index in [1.54, 1.807) is 0 Å². The second-order valence-corrected chi connectivity index (χ2v) is 15.9. The zero-order valence-electron chi connectivity index (χ0n) is 40.6. The first-order chi connectivity index (χ1) is 32.9. The minimum Gasteiger partial charge on any atom is -0.379 e. The van der Waals surface area contributed by atoms with Crippen LogP contribution in [0, 0.1) is 0 Å². The van der Waals surface area contributed by atoms with Gasteiger partial charge in [-0.15, -0.1) is 0 Å². The molecule has 66 heavy (non-hydrogen) atoms. The Balaban J connectivity index is 0.970. The minimum absolute atomic E-state index is 0.416. The van der Waals surface area contributed by atoms with Gasteiger partial charge in [-0.2, -0.15) is 0 Å². The molecule has 0 heterocycles. The number of rotatable bonds is 49. The van der Waals surface area contributed by atoms with E-state index >= 15 is 0 Å². The summed E-state index contributed by atoms with van der Waals surface area (Å²) < 4.78 is 68.5. The van der Waals surface area contributed by atoms with Crippen molar-refractivity contribution in [3.05, 3.63) is 108 Å². The second kappa shape index (κ2) is 43.5. The van der Waals surface area contributed by atoms with Crippen molar-refractivity contribution in [1.29, 1.82) is 0 Å². The van der Waals surface area contributed by atoms with Gasteiger partial charge in [-0.3, -0.25) is 0 Å². The van der Waals surface area contributed by atoms with Crippen LogP contribution in [0.25, 0.3) is 0 Å². The smallest absolute Gasteiger partial charge is 0.143 e. The fourth-order valence-electron chi connectivity index (χ4n) is 7.19. The molecular weight excluding hydrogens is 841 g/mol. The maximum absolute atomic E-state index is 6.74. The van der Waals surface area contributed by atoms with Gasteiger partial charge in [-0.1, -0.05) is 162 Å². The van der Waals surface area contributed by atoms with Crippen LogP contribution >= 0.6 is 0 Å². The Bertz CT molecular complexity index is 1320. The Hall–Kier alpha value is -2.82. The van der Waals surface area contributed by atoms with Crippen LogP contribution < -0.4 is 0 Å². The summed E-state index contributed by atoms with van der Waals surface area (Å²) >= 11 is 0. The van der Waals surface area contributed by atoms with Crippen molar-refractivity contribution in [2.45, 2.75) is 83.2 Å². The molecule has 0 radical (unpaired) electrons. The summed E-state index contributed by atoms with van der Waals surface area (Å²) in [5.41, 5.74) is 2.45. The van der Waals surface area contributed by atoms with Gasteiger partial charge in [0.05, 0.1) is 145 Å². The lowest BCUT2D eigenvalue weighted by Gasteiger charge is -2.36. The van der Waals surface area contributed by atoms with Gasteiger partial charge in [0.25, 0.3) is 0 Å². The van der Waals surface area contributed by atoms with Crippen molar-refractivity contribution in [3.63, 3.8) is 0 Å². The van der Waals surface area contributed by atoms with Crippen molar-refractivity contribution in [2.24, 2.45) is 0 Å². The fraction of sp³-hybridized carbons (Fsp3) is 0.667. The number of hydrogen-bond donors (Lipinski definition) is 0. The fourth-order valence-corrected chi connectivity index (χ4v) is 7.19. The molecule has 0 aliphatic carbocycles. The number of benzene rings is 3. The topological polar surface area (TPSA) is 111 Å². The van der Waals surface area contributed by atoms with Gasteiger partial charge in [0.1, 0.15) is 5.60 Å². The highest BCUT2D eigenvalue weighted by Gasteiger charge is 2.37. The van der Waals surface area contributed by atoms with E-state index in [1.807, 2.05) is 54.6 Å². The lowest BCUT2D eigenvalue weighted by molar-refractivity contribution is -0.0399. The van der Waals surface area contributed by atoms with Gasteiger partial charge in [0, 0.05) is 6.61 Å². The van der Waals surface area contributed by atoms with Crippen LogP contribution in [-0.4, -0.2) is 152 Å². The van der Waals surface area contributed by atoms with E-state index in [2.05, 4.69) is 43.3 Å². The Morgan fingerprint density at radius 3 is 0.712 bits per heavy atom. The van der Waals surface area contributed by atoms with Crippen LogP contribution in [0.4, 0.5) is 0 Å². The van der Waals surface area contributed by atoms with Gasteiger partial charge in [-0.05, 0) is 23.1 Å². The third-order valence-corrected chi connectivity index (χ3v) is 10.7. The molecule has 12 nitrogen and oxygen atoms in total. The Kier molecular flexibility index (Phi) is 37.9. The summed E-state index contributed by atoms with van der Waals surface area (Å²) in [7, 11) is 0. The summed E-state index contributed by atoms with van der Waals surface area (Å²) in [4.78, 5) is 0. The summed E-state index contributed by atoms with van der Waals surface area (Å²) in [5.74, 6) is 0. The number of hydrogen-bond acceptors (Lipinski definition) is 12. The maximum Gasteiger partial charge on any atom is 0.143 e. The highest BCUT2D eigenvalue weighted by molar-refractivity contribution is 5.47. The van der Waals surface area contributed by atoms with Gasteiger partial charge in [-0.25, -0.2) is 0 Å². The van der Waals surface area contributed by atoms with E-state index in [1.165, 1.54) is 64.2 Å². The first kappa shape index (κ1) is 57.5. The van der Waals surface area contributed by atoms with Crippen molar-refractivity contribution < 1.29 is 56.8 Å². The zero-order chi connectivity index (χ0) is 46.4. The van der Waals surface area contributed by atoms with E-state index in [0.717, 1.165) is 29.7 Å². The molecule has 3 aromatic carbocycles. The predicted molar refractivity (Wildman–Crippen MR) is 261 cm³/mol. The maximum atomic E-state index is 6.74. The average Bonchev–Trinajstić information content (AvgIpc) is 3.36. The van der Waals surface area contributed by atoms with Crippen LogP contribution in [0.15, 0.2) is 91.0 Å². The van der Waals surface area contributed by atoms with Crippen molar-refractivity contribution in [2.75, 3.05) is 152 Å². The van der Waals surface area contributed by atoms with Gasteiger partial charge in [0.15, 0.2) is 0 Å². The van der Waals surface area contributed by atoms with E-state index < -0.39 is 5.60 Å². The highest BCUT2D eigenvalue weighted by Crippen LogP contribution is 2.40. The van der Waals surface area contributed by atoms with Crippen molar-refractivity contribution in [1.82, 2.24) is 0 Å². The summed E-state index contributed by atoms with van der Waals surface area (Å²) in [6.07, 6.45) is 14.8. The molecule has 0 bridgehead atoms. The summed E-state index contributed by atoms with van der Waals surface area (Å²) in [6.45, 7) is 14.4. The molecular formula is C54H86O12. The molecule has 0 unspecified atom stereocenters. The largest absolute Gasteiger partial charge is 0.379 e. The first-order valence-corrected chi connectivity index (χ1v) is 25.0. The molecule has 0 atom stereocenters. The highest BCUT2D eigenvalue weighted by atomic mass is 16.6. The molecule has 0 aliphatic heterocycles. The van der Waals surface area contributed by atoms with Crippen LogP contribution in [0.1, 0.15) is 94.2 Å². The molecule has 0 N–H and O–H groups in total. The van der Waals surface area contributed by atoms with E-state index in [4.69, 9.17) is 56.8 Å². The lowest BCUT2D eigenvalue weighted by Crippen LogP contribution is -2.34. The summed E-state index contributed by atoms with van der Waals surface area (Å²) in [5, 5.41) is 0. The predicted octanol–water partition coefficient (Wildman–Crippen LogP) is 9.49. The van der Waals surface area contributed by atoms with Crippen molar-refractivity contribution in [3.8, 4) is 0 Å². The molecule has 0 saturated heterocycles. The Morgan fingerprint density at radius 1 is 0.242 bits per heavy atom. The molecule has 3 aromatic rings. The Labute approximate surface area is 398 Å². The average molecular weight is 927 g/mol. The van der Waals surface area contributed by atoms with E-state index in [9.17, 15) is 0 Å². The van der Waals surface area contributed by atoms with Crippen molar-refractivity contribution >= 4 is 0 Å². The van der Waals surface area contributed by atoms with Gasteiger partial charge >= 0.3 is 0 Å². The third kappa shape index (κ3) is 29.2. The molecule has 0 aromatic heterocycles. The van der Waals surface area contributed by atoms with Gasteiger partial charge in [0.2, 0.25) is 0 Å². The monoisotopic (exact) mass is 927 g/mol. The molecule has 0 amide bonds.